The number of fused-ring (bicyclic) bond motifs is 1. The van der Waals surface area contributed by atoms with Gasteiger partial charge in [0.05, 0.1) is 25.4 Å². The second kappa shape index (κ2) is 11.4. The van der Waals surface area contributed by atoms with E-state index in [0.717, 1.165) is 12.3 Å². The minimum absolute atomic E-state index is 0.107. The number of methoxy groups -OCH3 is 2. The number of nitrogens with one attached hydrogen (secondary N) is 1. The van der Waals surface area contributed by atoms with E-state index in [1.54, 1.807) is 13.1 Å². The molecule has 0 unspecified atom stereocenters. The summed E-state index contributed by atoms with van der Waals surface area (Å²) in [7, 11) is 4.48. The van der Waals surface area contributed by atoms with Crippen LogP contribution in [0.3, 0.4) is 0 Å². The highest BCUT2D eigenvalue weighted by molar-refractivity contribution is 5.97. The second-order valence-corrected chi connectivity index (χ2v) is 8.71. The van der Waals surface area contributed by atoms with Crippen LogP contribution in [0.4, 0.5) is 14.7 Å². The van der Waals surface area contributed by atoms with Crippen LogP contribution in [0.5, 0.6) is 23.1 Å². The van der Waals surface area contributed by atoms with Crippen molar-refractivity contribution in [3.05, 3.63) is 100 Å². The van der Waals surface area contributed by atoms with Gasteiger partial charge in [-0.15, -0.1) is 0 Å². The fraction of sp³-hybridized carbons (Fsp3) is 0.138. The molecular formula is C29H23F2N5O5. The lowest BCUT2D eigenvalue weighted by molar-refractivity contribution is 0.0991. The van der Waals surface area contributed by atoms with Crippen molar-refractivity contribution in [2.45, 2.75) is 6.42 Å². The van der Waals surface area contributed by atoms with Gasteiger partial charge < -0.3 is 19.5 Å². The summed E-state index contributed by atoms with van der Waals surface area (Å²) in [5, 5.41) is 2.78. The average Bonchev–Trinajstić information content (AvgIpc) is 2.98. The molecule has 0 aliphatic carbocycles. The largest absolute Gasteiger partial charge is 0.491 e. The molecule has 0 aliphatic heterocycles. The SMILES string of the molecule is CNc1ncc(C(=O)Cc2ccc(Oc3ccnc4cc(OC)c(OC)nc34)c(F)c2)c(=O)n1-c1ccc(F)cc1. The predicted molar refractivity (Wildman–Crippen MR) is 146 cm³/mol. The zero-order valence-corrected chi connectivity index (χ0v) is 22.1. The van der Waals surface area contributed by atoms with Gasteiger partial charge in [0.2, 0.25) is 5.95 Å². The summed E-state index contributed by atoms with van der Waals surface area (Å²) in [6.45, 7) is 0. The number of ketones is 1. The minimum Gasteiger partial charge on any atom is -0.491 e. The summed E-state index contributed by atoms with van der Waals surface area (Å²) >= 11 is 0. The smallest absolute Gasteiger partial charge is 0.270 e. The van der Waals surface area contributed by atoms with Crippen LogP contribution in [-0.4, -0.2) is 46.6 Å². The summed E-state index contributed by atoms with van der Waals surface area (Å²) in [5.74, 6) is -0.893. The van der Waals surface area contributed by atoms with Crippen LogP contribution in [0.25, 0.3) is 16.7 Å². The highest BCUT2D eigenvalue weighted by Gasteiger charge is 2.19. The van der Waals surface area contributed by atoms with Crippen LogP contribution < -0.4 is 25.1 Å². The number of carbonyl (C=O) groups excluding carboxylic acids is 1. The quantitative estimate of drug-likeness (QED) is 0.256. The zero-order valence-electron chi connectivity index (χ0n) is 22.1. The Labute approximate surface area is 232 Å². The Morgan fingerprint density at radius 3 is 2.41 bits per heavy atom. The van der Waals surface area contributed by atoms with Crippen molar-refractivity contribution in [2.75, 3.05) is 26.6 Å². The molecule has 0 radical (unpaired) electrons. The van der Waals surface area contributed by atoms with E-state index >= 15 is 4.39 Å². The molecule has 5 rings (SSSR count). The Morgan fingerprint density at radius 1 is 0.951 bits per heavy atom. The Hall–Kier alpha value is -5.39. The number of anilines is 1. The first kappa shape index (κ1) is 27.2. The van der Waals surface area contributed by atoms with Gasteiger partial charge in [-0.25, -0.2) is 23.3 Å². The molecule has 0 saturated heterocycles. The number of ether oxygens (including phenoxy) is 3. The van der Waals surface area contributed by atoms with Gasteiger partial charge in [0.1, 0.15) is 16.9 Å². The number of rotatable bonds is 9. The van der Waals surface area contributed by atoms with Crippen LogP contribution in [0.1, 0.15) is 15.9 Å². The van der Waals surface area contributed by atoms with Crippen LogP contribution in [-0.2, 0) is 6.42 Å². The lowest BCUT2D eigenvalue weighted by Crippen LogP contribution is -2.28. The van der Waals surface area contributed by atoms with Gasteiger partial charge in [-0.05, 0) is 42.0 Å². The normalized spacial score (nSPS) is 10.9. The minimum atomic E-state index is -0.729. The highest BCUT2D eigenvalue weighted by Crippen LogP contribution is 2.34. The van der Waals surface area contributed by atoms with E-state index in [1.165, 1.54) is 67.4 Å². The van der Waals surface area contributed by atoms with Gasteiger partial charge in [0.15, 0.2) is 28.8 Å². The molecule has 0 amide bonds. The van der Waals surface area contributed by atoms with Gasteiger partial charge in [0, 0.05) is 38.0 Å². The van der Waals surface area contributed by atoms with Crippen LogP contribution in [0.2, 0.25) is 0 Å². The number of Topliss-reactive ketones (excluding diaryl/α,β-unsaturated/α-hetero) is 1. The lowest BCUT2D eigenvalue weighted by Gasteiger charge is -2.13. The first-order valence-corrected chi connectivity index (χ1v) is 12.3. The number of hydrogen-bond acceptors (Lipinski definition) is 9. The van der Waals surface area contributed by atoms with Crippen molar-refractivity contribution < 1.29 is 27.8 Å². The summed E-state index contributed by atoms with van der Waals surface area (Å²) in [5.41, 5.74) is 0.572. The van der Waals surface area contributed by atoms with E-state index in [1.807, 2.05) is 0 Å². The van der Waals surface area contributed by atoms with Crippen molar-refractivity contribution in [3.8, 4) is 28.8 Å². The van der Waals surface area contributed by atoms with E-state index in [-0.39, 0.29) is 35.3 Å². The molecule has 0 aliphatic rings. The van der Waals surface area contributed by atoms with Gasteiger partial charge >= 0.3 is 0 Å². The second-order valence-electron chi connectivity index (χ2n) is 8.71. The molecule has 0 bridgehead atoms. The number of nitrogens with zero attached hydrogens (tertiary/aromatic N) is 4. The molecule has 208 valence electrons. The molecule has 5 aromatic rings. The van der Waals surface area contributed by atoms with Gasteiger partial charge in [0.25, 0.3) is 11.4 Å². The first-order valence-electron chi connectivity index (χ1n) is 12.3. The Bertz CT molecular complexity index is 1830. The van der Waals surface area contributed by atoms with Gasteiger partial charge in [-0.1, -0.05) is 6.07 Å². The number of aromatic nitrogens is 4. The first-order chi connectivity index (χ1) is 19.8. The number of benzene rings is 2. The molecule has 41 heavy (non-hydrogen) atoms. The van der Waals surface area contributed by atoms with E-state index in [0.29, 0.717) is 28.0 Å². The predicted octanol–water partition coefficient (Wildman–Crippen LogP) is 4.73. The highest BCUT2D eigenvalue weighted by atomic mass is 19.1. The maximum atomic E-state index is 15.1. The summed E-state index contributed by atoms with van der Waals surface area (Å²) in [6.07, 6.45) is 2.38. The number of carbonyl (C=O) groups is 1. The summed E-state index contributed by atoms with van der Waals surface area (Å²) in [6, 6.07) is 12.4. The molecule has 0 fully saturated rings. The summed E-state index contributed by atoms with van der Waals surface area (Å²) in [4.78, 5) is 39.1. The molecule has 12 heteroatoms. The topological polar surface area (TPSA) is 117 Å². The molecule has 3 aromatic heterocycles. The monoisotopic (exact) mass is 559 g/mol. The zero-order chi connectivity index (χ0) is 29.1. The van der Waals surface area contributed by atoms with Crippen molar-refractivity contribution in [3.63, 3.8) is 0 Å². The Morgan fingerprint density at radius 2 is 1.73 bits per heavy atom. The molecule has 0 saturated carbocycles. The van der Waals surface area contributed by atoms with E-state index in [9.17, 15) is 14.0 Å². The van der Waals surface area contributed by atoms with E-state index < -0.39 is 23.0 Å². The van der Waals surface area contributed by atoms with E-state index in [2.05, 4.69) is 20.3 Å². The molecule has 10 nitrogen and oxygen atoms in total. The molecule has 3 heterocycles. The molecule has 0 atom stereocenters. The molecular weight excluding hydrogens is 536 g/mol. The van der Waals surface area contributed by atoms with Gasteiger partial charge in [-0.3, -0.25) is 14.6 Å². The Kier molecular flexibility index (Phi) is 7.55. The maximum Gasteiger partial charge on any atom is 0.270 e. The fourth-order valence-corrected chi connectivity index (χ4v) is 4.18. The summed E-state index contributed by atoms with van der Waals surface area (Å²) < 4.78 is 46.0. The third-order valence-corrected chi connectivity index (χ3v) is 6.17. The Balaban J connectivity index is 1.41. The van der Waals surface area contributed by atoms with Crippen molar-refractivity contribution in [1.29, 1.82) is 0 Å². The molecule has 0 spiro atoms. The number of hydrogen-bond donors (Lipinski definition) is 1. The third-order valence-electron chi connectivity index (χ3n) is 6.17. The van der Waals surface area contributed by atoms with Crippen LogP contribution >= 0.6 is 0 Å². The van der Waals surface area contributed by atoms with Crippen LogP contribution in [0, 0.1) is 11.6 Å². The van der Waals surface area contributed by atoms with Crippen molar-refractivity contribution in [1.82, 2.24) is 19.5 Å². The lowest BCUT2D eigenvalue weighted by atomic mass is 10.0. The number of pyridine rings is 2. The van der Waals surface area contributed by atoms with Crippen molar-refractivity contribution >= 4 is 22.8 Å². The van der Waals surface area contributed by atoms with E-state index in [4.69, 9.17) is 14.2 Å². The van der Waals surface area contributed by atoms with Crippen LogP contribution in [0.15, 0.2) is 71.8 Å². The average molecular weight is 560 g/mol. The number of halogens is 2. The maximum absolute atomic E-state index is 15.1. The standard InChI is InChI=1S/C29H23F2N5O5/c1-32-29-34-15-19(28(38)36(29)18-7-5-17(30)6-8-18)22(37)13-16-4-9-23(20(31)12-16)41-24-10-11-33-21-14-25(39-2)27(40-3)35-26(21)24/h4-12,14-15H,13H2,1-3H3,(H,32,34). The third kappa shape index (κ3) is 5.39. The van der Waals surface area contributed by atoms with Crippen molar-refractivity contribution in [2.24, 2.45) is 0 Å². The van der Waals surface area contributed by atoms with Gasteiger partial charge in [-0.2, -0.15) is 0 Å². The fourth-order valence-electron chi connectivity index (χ4n) is 4.18. The molecule has 1 N–H and O–H groups in total. The molecule has 2 aromatic carbocycles.